The second-order valence-corrected chi connectivity index (χ2v) is 3.56. The minimum atomic E-state index is -0.946. The highest BCUT2D eigenvalue weighted by Crippen LogP contribution is 2.04. The summed E-state index contributed by atoms with van der Waals surface area (Å²) in [4.78, 5) is 19.9. The quantitative estimate of drug-likeness (QED) is 0.452. The molecule has 1 atom stereocenters. The number of unbranched alkanes of at least 4 members (excludes halogenated alkanes) is 1. The van der Waals surface area contributed by atoms with Crippen LogP contribution in [0.1, 0.15) is 19.3 Å². The molecule has 0 aliphatic heterocycles. The third-order valence-electron chi connectivity index (χ3n) is 2.19. The monoisotopic (exact) mass is 239 g/mol. The van der Waals surface area contributed by atoms with Crippen molar-refractivity contribution in [1.29, 1.82) is 0 Å². The summed E-state index contributed by atoms with van der Waals surface area (Å²) >= 11 is 0. The van der Waals surface area contributed by atoms with Crippen molar-refractivity contribution in [2.75, 3.05) is 6.54 Å². The Morgan fingerprint density at radius 3 is 2.94 bits per heavy atom. The molecule has 17 heavy (non-hydrogen) atoms. The molecule has 0 amide bonds. The summed E-state index contributed by atoms with van der Waals surface area (Å²) in [6.45, 7) is 0.563. The van der Waals surface area contributed by atoms with Crippen molar-refractivity contribution in [3.05, 3.63) is 24.4 Å². The fourth-order valence-electron chi connectivity index (χ4n) is 1.26. The van der Waals surface area contributed by atoms with Gasteiger partial charge in [0.15, 0.2) is 0 Å². The number of hydrogen-bond donors (Lipinski definition) is 3. The lowest BCUT2D eigenvalue weighted by molar-refractivity contribution is -0.142. The normalized spacial score (nSPS) is 12.1. The molecule has 0 aliphatic carbocycles. The number of carbonyl (C=O) groups is 1. The third kappa shape index (κ3) is 5.28. The molecule has 1 aromatic heterocycles. The van der Waals surface area contributed by atoms with Gasteiger partial charge in [0.1, 0.15) is 6.04 Å². The molecule has 0 radical (unpaired) electrons. The van der Waals surface area contributed by atoms with Gasteiger partial charge >= 0.3 is 5.97 Å². The molecule has 0 saturated carbocycles. The highest BCUT2D eigenvalue weighted by Gasteiger charge is 2.17. The maximum Gasteiger partial charge on any atom is 0.324 e. The van der Waals surface area contributed by atoms with Gasteiger partial charge in [-0.1, -0.05) is 6.07 Å². The second-order valence-electron chi connectivity index (χ2n) is 3.56. The van der Waals surface area contributed by atoms with Gasteiger partial charge in [-0.25, -0.2) is 4.98 Å². The van der Waals surface area contributed by atoms with Crippen molar-refractivity contribution >= 4 is 5.97 Å². The smallest absolute Gasteiger partial charge is 0.324 e. The Bertz CT molecular complexity index is 332. The van der Waals surface area contributed by atoms with Gasteiger partial charge in [0, 0.05) is 12.3 Å². The van der Waals surface area contributed by atoms with Crippen LogP contribution in [0.4, 0.5) is 0 Å². The Labute approximate surface area is 99.8 Å². The Balaban J connectivity index is 2.36. The summed E-state index contributed by atoms with van der Waals surface area (Å²) in [5, 5.41) is 8.96. The van der Waals surface area contributed by atoms with Crippen LogP contribution in [-0.2, 0) is 4.79 Å². The van der Waals surface area contributed by atoms with Crippen molar-refractivity contribution in [3.8, 4) is 5.88 Å². The van der Waals surface area contributed by atoms with Gasteiger partial charge in [0.05, 0.1) is 0 Å². The van der Waals surface area contributed by atoms with Crippen molar-refractivity contribution in [3.63, 3.8) is 0 Å². The molecule has 0 fully saturated rings. The Morgan fingerprint density at radius 2 is 2.35 bits per heavy atom. The molecule has 0 aromatic carbocycles. The average Bonchev–Trinajstić information content (AvgIpc) is 2.34. The molecule has 1 rings (SSSR count). The standard InChI is InChI=1S/C11H17N3O3/c12-7-3-1-5-9(11(15)16)14-17-10-6-2-4-8-13-10/h2,4,6,8-9,14H,1,3,5,7,12H2,(H,15,16)/t9-/m0/s1. The predicted molar refractivity (Wildman–Crippen MR) is 62.3 cm³/mol. The minimum Gasteiger partial charge on any atom is -0.480 e. The lowest BCUT2D eigenvalue weighted by Gasteiger charge is -2.13. The van der Waals surface area contributed by atoms with Crippen LogP contribution in [0.5, 0.6) is 5.88 Å². The molecule has 0 unspecified atom stereocenters. The molecule has 1 heterocycles. The van der Waals surface area contributed by atoms with E-state index in [0.717, 1.165) is 12.8 Å². The number of aromatic nitrogens is 1. The number of carboxylic acids is 1. The average molecular weight is 239 g/mol. The van der Waals surface area contributed by atoms with Gasteiger partial charge < -0.3 is 15.7 Å². The summed E-state index contributed by atoms with van der Waals surface area (Å²) in [5.74, 6) is -0.601. The highest BCUT2D eigenvalue weighted by molar-refractivity contribution is 5.73. The fraction of sp³-hybridized carbons (Fsp3) is 0.455. The fourth-order valence-corrected chi connectivity index (χ4v) is 1.26. The Hall–Kier alpha value is -1.66. The summed E-state index contributed by atoms with van der Waals surface area (Å²) in [7, 11) is 0. The van der Waals surface area contributed by atoms with Crippen LogP contribution in [0.3, 0.4) is 0 Å². The van der Waals surface area contributed by atoms with Gasteiger partial charge in [-0.05, 0) is 31.9 Å². The number of aliphatic carboxylic acids is 1. The predicted octanol–water partition coefficient (Wildman–Crippen LogP) is 0.547. The van der Waals surface area contributed by atoms with E-state index in [0.29, 0.717) is 18.8 Å². The van der Waals surface area contributed by atoms with E-state index in [1.54, 1.807) is 24.4 Å². The van der Waals surface area contributed by atoms with E-state index in [9.17, 15) is 4.79 Å². The summed E-state index contributed by atoms with van der Waals surface area (Å²) in [5.41, 5.74) is 7.84. The van der Waals surface area contributed by atoms with Crippen LogP contribution < -0.4 is 16.1 Å². The van der Waals surface area contributed by atoms with E-state index in [1.807, 2.05) is 0 Å². The van der Waals surface area contributed by atoms with E-state index in [-0.39, 0.29) is 0 Å². The number of nitrogens with one attached hydrogen (secondary N) is 1. The summed E-state index contributed by atoms with van der Waals surface area (Å²) in [6.07, 6.45) is 3.58. The minimum absolute atomic E-state index is 0.345. The van der Waals surface area contributed by atoms with Crippen LogP contribution in [0.25, 0.3) is 0 Å². The Kier molecular flexibility index (Phi) is 5.98. The van der Waals surface area contributed by atoms with Crippen LogP contribution >= 0.6 is 0 Å². The molecular weight excluding hydrogens is 222 g/mol. The van der Waals surface area contributed by atoms with Gasteiger partial charge in [-0.15, -0.1) is 5.48 Å². The number of carboxylic acid groups (broad SMARTS) is 1. The van der Waals surface area contributed by atoms with Gasteiger partial charge in [0.25, 0.3) is 0 Å². The molecule has 6 heteroatoms. The number of hydrogen-bond acceptors (Lipinski definition) is 5. The maximum absolute atomic E-state index is 10.9. The second kappa shape index (κ2) is 7.59. The van der Waals surface area contributed by atoms with E-state index in [1.165, 1.54) is 0 Å². The zero-order valence-corrected chi connectivity index (χ0v) is 9.50. The van der Waals surface area contributed by atoms with Crippen molar-refractivity contribution in [2.45, 2.75) is 25.3 Å². The first-order valence-corrected chi connectivity index (χ1v) is 5.50. The molecule has 4 N–H and O–H groups in total. The van der Waals surface area contributed by atoms with E-state index in [2.05, 4.69) is 10.5 Å². The summed E-state index contributed by atoms with van der Waals surface area (Å²) < 4.78 is 0. The maximum atomic E-state index is 10.9. The number of nitrogens with two attached hydrogens (primary N) is 1. The lowest BCUT2D eigenvalue weighted by Crippen LogP contribution is -2.39. The van der Waals surface area contributed by atoms with Crippen molar-refractivity contribution in [2.24, 2.45) is 5.73 Å². The van der Waals surface area contributed by atoms with Crippen molar-refractivity contribution in [1.82, 2.24) is 10.5 Å². The SMILES string of the molecule is NCCCC[C@H](NOc1ccccn1)C(=O)O. The van der Waals surface area contributed by atoms with E-state index < -0.39 is 12.0 Å². The summed E-state index contributed by atoms with van der Waals surface area (Å²) in [6, 6.07) is 4.41. The van der Waals surface area contributed by atoms with E-state index >= 15 is 0 Å². The first-order chi connectivity index (χ1) is 8.24. The topological polar surface area (TPSA) is 97.5 Å². The first-order valence-electron chi connectivity index (χ1n) is 5.50. The molecule has 94 valence electrons. The van der Waals surface area contributed by atoms with Gasteiger partial charge in [-0.2, -0.15) is 0 Å². The number of rotatable bonds is 8. The van der Waals surface area contributed by atoms with Crippen molar-refractivity contribution < 1.29 is 14.7 Å². The van der Waals surface area contributed by atoms with Crippen LogP contribution in [0.2, 0.25) is 0 Å². The third-order valence-corrected chi connectivity index (χ3v) is 2.19. The van der Waals surface area contributed by atoms with Crippen LogP contribution in [-0.4, -0.2) is 28.6 Å². The molecule has 0 saturated heterocycles. The molecule has 6 nitrogen and oxygen atoms in total. The lowest BCUT2D eigenvalue weighted by atomic mass is 10.1. The molecular formula is C11H17N3O3. The zero-order chi connectivity index (χ0) is 12.5. The molecule has 0 aliphatic rings. The molecule has 0 spiro atoms. The van der Waals surface area contributed by atoms with Gasteiger partial charge in [-0.3, -0.25) is 4.79 Å². The Morgan fingerprint density at radius 1 is 1.53 bits per heavy atom. The molecule has 1 aromatic rings. The first kappa shape index (κ1) is 13.4. The zero-order valence-electron chi connectivity index (χ0n) is 9.50. The van der Waals surface area contributed by atoms with E-state index in [4.69, 9.17) is 15.7 Å². The number of pyridine rings is 1. The van der Waals surface area contributed by atoms with Crippen LogP contribution in [0, 0.1) is 0 Å². The van der Waals surface area contributed by atoms with Crippen LogP contribution in [0.15, 0.2) is 24.4 Å². The highest BCUT2D eigenvalue weighted by atomic mass is 16.7. The van der Waals surface area contributed by atoms with Gasteiger partial charge in [0.2, 0.25) is 5.88 Å². The number of nitrogens with zero attached hydrogens (tertiary/aromatic N) is 1. The number of hydroxylamine groups is 1. The largest absolute Gasteiger partial charge is 0.480 e. The molecule has 0 bridgehead atoms.